The van der Waals surface area contributed by atoms with Crippen molar-refractivity contribution < 1.29 is 9.53 Å². The third-order valence-electron chi connectivity index (χ3n) is 2.27. The smallest absolute Gasteiger partial charge is 0.236 e. The number of ether oxygens (including phenoxy) is 1. The summed E-state index contributed by atoms with van der Waals surface area (Å²) in [7, 11) is 1.65. The van der Waals surface area contributed by atoms with Crippen LogP contribution in [-0.4, -0.2) is 56.7 Å². The van der Waals surface area contributed by atoms with Crippen LogP contribution in [0.25, 0.3) is 0 Å². The van der Waals surface area contributed by atoms with Gasteiger partial charge in [-0.05, 0) is 0 Å². The Hall–Kier alpha value is -0.650. The zero-order valence-corrected chi connectivity index (χ0v) is 7.95. The first kappa shape index (κ1) is 10.4. The fourth-order valence-electron chi connectivity index (χ4n) is 1.50. The number of nitrogens with one attached hydrogen (secondary N) is 1. The Kier molecular flexibility index (Phi) is 4.14. The summed E-state index contributed by atoms with van der Waals surface area (Å²) in [5, 5.41) is 3.14. The molecule has 1 rings (SSSR count). The molecule has 1 amide bonds. The highest BCUT2D eigenvalue weighted by molar-refractivity contribution is 5.80. The van der Waals surface area contributed by atoms with E-state index < -0.39 is 0 Å². The monoisotopic (exact) mass is 187 g/mol. The highest BCUT2D eigenvalue weighted by Crippen LogP contribution is 2.01. The normalized spacial score (nSPS) is 24.5. The first-order valence-electron chi connectivity index (χ1n) is 4.48. The van der Waals surface area contributed by atoms with Crippen molar-refractivity contribution in [3.63, 3.8) is 0 Å². The van der Waals surface area contributed by atoms with Crippen molar-refractivity contribution in [1.29, 1.82) is 0 Å². The molecule has 76 valence electrons. The van der Waals surface area contributed by atoms with Crippen molar-refractivity contribution in [3.05, 3.63) is 0 Å². The van der Waals surface area contributed by atoms with Crippen molar-refractivity contribution in [2.24, 2.45) is 5.73 Å². The van der Waals surface area contributed by atoms with Crippen molar-refractivity contribution in [3.8, 4) is 0 Å². The van der Waals surface area contributed by atoms with Crippen LogP contribution in [0.2, 0.25) is 0 Å². The summed E-state index contributed by atoms with van der Waals surface area (Å²) in [5.41, 5.74) is 5.27. The largest absolute Gasteiger partial charge is 0.383 e. The molecule has 5 heteroatoms. The number of carbonyl (C=O) groups is 1. The van der Waals surface area contributed by atoms with Gasteiger partial charge in [-0.3, -0.25) is 9.69 Å². The van der Waals surface area contributed by atoms with Gasteiger partial charge in [-0.25, -0.2) is 0 Å². The van der Waals surface area contributed by atoms with E-state index in [9.17, 15) is 4.79 Å². The highest BCUT2D eigenvalue weighted by atomic mass is 16.5. The number of piperazine rings is 1. The minimum absolute atomic E-state index is 0.177. The Morgan fingerprint density at radius 2 is 2.54 bits per heavy atom. The lowest BCUT2D eigenvalue weighted by Gasteiger charge is -2.33. The van der Waals surface area contributed by atoms with Gasteiger partial charge in [0.2, 0.25) is 5.91 Å². The molecule has 1 heterocycles. The van der Waals surface area contributed by atoms with E-state index in [-0.39, 0.29) is 11.9 Å². The Morgan fingerprint density at radius 3 is 3.15 bits per heavy atom. The molecule has 1 fully saturated rings. The molecular formula is C8H17N3O2. The maximum absolute atomic E-state index is 11.0. The van der Waals surface area contributed by atoms with Crippen LogP contribution < -0.4 is 11.1 Å². The predicted octanol–water partition coefficient (Wildman–Crippen LogP) is -1.61. The van der Waals surface area contributed by atoms with E-state index in [0.29, 0.717) is 13.2 Å². The summed E-state index contributed by atoms with van der Waals surface area (Å²) >= 11 is 0. The zero-order chi connectivity index (χ0) is 9.68. The Labute approximate surface area is 78.2 Å². The van der Waals surface area contributed by atoms with Crippen molar-refractivity contribution in [2.75, 3.05) is 39.9 Å². The number of carbonyl (C=O) groups excluding carboxylic acids is 1. The second kappa shape index (κ2) is 5.16. The van der Waals surface area contributed by atoms with Gasteiger partial charge < -0.3 is 15.8 Å². The molecule has 0 spiro atoms. The quantitative estimate of drug-likeness (QED) is 0.556. The minimum Gasteiger partial charge on any atom is -0.383 e. The average molecular weight is 187 g/mol. The summed E-state index contributed by atoms with van der Waals surface area (Å²) in [6, 6.07) is -0.177. The molecule has 0 radical (unpaired) electrons. The second-order valence-corrected chi connectivity index (χ2v) is 3.15. The lowest BCUT2D eigenvalue weighted by Crippen LogP contribution is -2.57. The third kappa shape index (κ3) is 2.95. The van der Waals surface area contributed by atoms with Crippen LogP contribution in [0, 0.1) is 0 Å². The van der Waals surface area contributed by atoms with Crippen molar-refractivity contribution in [2.45, 2.75) is 6.04 Å². The maximum Gasteiger partial charge on any atom is 0.236 e. The number of hydrogen-bond acceptors (Lipinski definition) is 4. The van der Waals surface area contributed by atoms with E-state index in [0.717, 1.165) is 19.6 Å². The van der Waals surface area contributed by atoms with Crippen molar-refractivity contribution >= 4 is 5.91 Å². The Balaban J connectivity index is 2.41. The van der Waals surface area contributed by atoms with Gasteiger partial charge in [0.1, 0.15) is 6.04 Å². The number of methoxy groups -OCH3 is 1. The minimum atomic E-state index is -0.261. The standard InChI is InChI=1S/C8H17N3O2/c1-13-5-4-11-3-2-10-6-7(11)8(9)12/h7,10H,2-6H2,1H3,(H2,9,12). The van der Waals surface area contributed by atoms with Gasteiger partial charge in [0.15, 0.2) is 0 Å². The molecule has 0 aromatic rings. The third-order valence-corrected chi connectivity index (χ3v) is 2.27. The molecule has 1 aliphatic rings. The molecule has 0 aromatic carbocycles. The molecular weight excluding hydrogens is 170 g/mol. The predicted molar refractivity (Wildman–Crippen MR) is 49.3 cm³/mol. The van der Waals surface area contributed by atoms with Crippen LogP contribution in [0.15, 0.2) is 0 Å². The summed E-state index contributed by atoms with van der Waals surface area (Å²) in [4.78, 5) is 13.1. The first-order valence-corrected chi connectivity index (χ1v) is 4.48. The maximum atomic E-state index is 11.0. The van der Waals surface area contributed by atoms with Crippen LogP contribution in [0.4, 0.5) is 0 Å². The van der Waals surface area contributed by atoms with Crippen LogP contribution in [0.3, 0.4) is 0 Å². The van der Waals surface area contributed by atoms with Gasteiger partial charge in [0.25, 0.3) is 0 Å². The van der Waals surface area contributed by atoms with Crippen molar-refractivity contribution in [1.82, 2.24) is 10.2 Å². The second-order valence-electron chi connectivity index (χ2n) is 3.15. The van der Waals surface area contributed by atoms with Gasteiger partial charge in [0.05, 0.1) is 6.61 Å². The highest BCUT2D eigenvalue weighted by Gasteiger charge is 2.25. The Bertz CT molecular complexity index is 175. The van der Waals surface area contributed by atoms with E-state index in [1.807, 2.05) is 0 Å². The van der Waals surface area contributed by atoms with E-state index in [1.54, 1.807) is 7.11 Å². The van der Waals surface area contributed by atoms with E-state index >= 15 is 0 Å². The SMILES string of the molecule is COCCN1CCNCC1C(N)=O. The summed E-state index contributed by atoms with van der Waals surface area (Å²) in [5.74, 6) is -0.261. The lowest BCUT2D eigenvalue weighted by molar-refractivity contribution is -0.124. The van der Waals surface area contributed by atoms with Gasteiger partial charge in [-0.1, -0.05) is 0 Å². The van der Waals surface area contributed by atoms with Gasteiger partial charge in [0, 0.05) is 33.3 Å². The average Bonchev–Trinajstić information content (AvgIpc) is 2.15. The molecule has 13 heavy (non-hydrogen) atoms. The fourth-order valence-corrected chi connectivity index (χ4v) is 1.50. The van der Waals surface area contributed by atoms with Crippen LogP contribution >= 0.6 is 0 Å². The molecule has 0 aromatic heterocycles. The van der Waals surface area contributed by atoms with Crippen LogP contribution in [0.1, 0.15) is 0 Å². The van der Waals surface area contributed by atoms with Crippen LogP contribution in [-0.2, 0) is 9.53 Å². The molecule has 0 aliphatic carbocycles. The number of nitrogens with two attached hydrogens (primary N) is 1. The summed E-state index contributed by atoms with van der Waals surface area (Å²) in [6.45, 7) is 3.83. The molecule has 0 bridgehead atoms. The molecule has 1 unspecified atom stereocenters. The van der Waals surface area contributed by atoms with Crippen LogP contribution in [0.5, 0.6) is 0 Å². The van der Waals surface area contributed by atoms with E-state index in [4.69, 9.17) is 10.5 Å². The molecule has 5 nitrogen and oxygen atoms in total. The number of nitrogens with zero attached hydrogens (tertiary/aromatic N) is 1. The Morgan fingerprint density at radius 1 is 1.77 bits per heavy atom. The summed E-state index contributed by atoms with van der Waals surface area (Å²) in [6.07, 6.45) is 0. The topological polar surface area (TPSA) is 67.6 Å². The lowest BCUT2D eigenvalue weighted by atomic mass is 10.2. The molecule has 0 saturated carbocycles. The van der Waals surface area contributed by atoms with Gasteiger partial charge in [-0.15, -0.1) is 0 Å². The molecule has 3 N–H and O–H groups in total. The fraction of sp³-hybridized carbons (Fsp3) is 0.875. The molecule has 1 saturated heterocycles. The number of rotatable bonds is 4. The summed E-state index contributed by atoms with van der Waals surface area (Å²) < 4.78 is 4.96. The van der Waals surface area contributed by atoms with Gasteiger partial charge >= 0.3 is 0 Å². The number of hydrogen-bond donors (Lipinski definition) is 2. The van der Waals surface area contributed by atoms with Gasteiger partial charge in [-0.2, -0.15) is 0 Å². The number of amides is 1. The zero-order valence-electron chi connectivity index (χ0n) is 7.95. The number of primary amides is 1. The van der Waals surface area contributed by atoms with E-state index in [2.05, 4.69) is 10.2 Å². The molecule has 1 aliphatic heterocycles. The first-order chi connectivity index (χ1) is 6.25. The molecule has 1 atom stereocenters. The van der Waals surface area contributed by atoms with E-state index in [1.165, 1.54) is 0 Å².